The number of nitrogens with zero attached hydrogens (tertiary/aromatic N) is 3. The Bertz CT molecular complexity index is 1030. The molecule has 1 N–H and O–H groups in total. The van der Waals surface area contributed by atoms with Crippen LogP contribution in [0.3, 0.4) is 0 Å². The molecule has 186 valence electrons. The molecule has 2 aromatic rings. The number of amides is 1. The highest BCUT2D eigenvalue weighted by Crippen LogP contribution is 2.20. The summed E-state index contributed by atoms with van der Waals surface area (Å²) in [5.74, 6) is -0.253. The molecule has 0 bridgehead atoms. The van der Waals surface area contributed by atoms with E-state index in [9.17, 15) is 13.2 Å². The van der Waals surface area contributed by atoms with Crippen LogP contribution in [0.4, 0.5) is 0 Å². The van der Waals surface area contributed by atoms with E-state index < -0.39 is 10.0 Å². The second-order valence-electron chi connectivity index (χ2n) is 9.37. The van der Waals surface area contributed by atoms with Crippen LogP contribution < -0.4 is 5.32 Å². The third-order valence-corrected chi connectivity index (χ3v) is 8.19. The molecule has 0 spiro atoms. The van der Waals surface area contributed by atoms with Gasteiger partial charge in [0.1, 0.15) is 0 Å². The van der Waals surface area contributed by atoms with Crippen molar-refractivity contribution in [2.45, 2.75) is 51.2 Å². The molecule has 0 radical (unpaired) electrons. The molecule has 0 atom stereocenters. The second-order valence-corrected chi connectivity index (χ2v) is 11.3. The minimum atomic E-state index is -3.65. The summed E-state index contributed by atoms with van der Waals surface area (Å²) in [5, 5.41) is 2.93. The monoisotopic (exact) mass is 486 g/mol. The summed E-state index contributed by atoms with van der Waals surface area (Å²) in [4.78, 5) is 17.4. The van der Waals surface area contributed by atoms with Gasteiger partial charge in [-0.3, -0.25) is 14.6 Å². The van der Waals surface area contributed by atoms with E-state index in [1.807, 2.05) is 18.2 Å². The third-order valence-electron chi connectivity index (χ3n) is 6.30. The number of hydrogen-bond donors (Lipinski definition) is 1. The second kappa shape index (κ2) is 11.9. The van der Waals surface area contributed by atoms with E-state index in [4.69, 9.17) is 0 Å². The Labute approximate surface area is 204 Å². The Balaban J connectivity index is 1.58. The number of rotatable bonds is 10. The highest BCUT2D eigenvalue weighted by atomic mass is 32.2. The first-order chi connectivity index (χ1) is 16.2. The van der Waals surface area contributed by atoms with Gasteiger partial charge in [0.05, 0.1) is 4.90 Å². The summed E-state index contributed by atoms with van der Waals surface area (Å²) >= 11 is 0. The van der Waals surface area contributed by atoms with Gasteiger partial charge in [-0.1, -0.05) is 36.4 Å². The summed E-state index contributed by atoms with van der Waals surface area (Å²) < 4.78 is 28.0. The lowest BCUT2D eigenvalue weighted by molar-refractivity contribution is 0.0939. The van der Waals surface area contributed by atoms with Gasteiger partial charge in [0.2, 0.25) is 10.0 Å². The zero-order valence-corrected chi connectivity index (χ0v) is 21.6. The molecule has 34 heavy (non-hydrogen) atoms. The normalized spacial score (nSPS) is 15.9. The van der Waals surface area contributed by atoms with E-state index in [0.717, 1.165) is 13.1 Å². The predicted octanol–water partition coefficient (Wildman–Crippen LogP) is 3.04. The van der Waals surface area contributed by atoms with Crippen LogP contribution in [0.15, 0.2) is 59.5 Å². The Hall–Kier alpha value is -2.26. The molecule has 0 aliphatic carbocycles. The fourth-order valence-electron chi connectivity index (χ4n) is 4.43. The number of carbonyl (C=O) groups is 1. The molecule has 0 unspecified atom stereocenters. The maximum Gasteiger partial charge on any atom is 0.251 e. The van der Waals surface area contributed by atoms with Crippen molar-refractivity contribution in [3.63, 3.8) is 0 Å². The van der Waals surface area contributed by atoms with E-state index in [1.54, 1.807) is 18.2 Å². The Morgan fingerprint density at radius 1 is 0.941 bits per heavy atom. The highest BCUT2D eigenvalue weighted by Gasteiger charge is 2.29. The van der Waals surface area contributed by atoms with Crippen molar-refractivity contribution in [2.24, 2.45) is 0 Å². The largest absolute Gasteiger partial charge is 0.351 e. The van der Waals surface area contributed by atoms with Crippen molar-refractivity contribution >= 4 is 15.9 Å². The fourth-order valence-corrected chi connectivity index (χ4v) is 5.90. The Morgan fingerprint density at radius 3 is 2.21 bits per heavy atom. The number of carbonyl (C=O) groups excluding carboxylic acids is 1. The number of hydrogen-bond acceptors (Lipinski definition) is 5. The summed E-state index contributed by atoms with van der Waals surface area (Å²) in [6.07, 6.45) is 0. The van der Waals surface area contributed by atoms with Crippen LogP contribution in [0.5, 0.6) is 0 Å². The van der Waals surface area contributed by atoms with Gasteiger partial charge in [-0.15, -0.1) is 0 Å². The average molecular weight is 487 g/mol. The van der Waals surface area contributed by atoms with Crippen molar-refractivity contribution in [3.05, 3.63) is 65.7 Å². The number of benzene rings is 2. The van der Waals surface area contributed by atoms with Gasteiger partial charge in [0.15, 0.2) is 0 Å². The van der Waals surface area contributed by atoms with Crippen LogP contribution in [-0.4, -0.2) is 79.8 Å². The van der Waals surface area contributed by atoms with Crippen molar-refractivity contribution in [2.75, 3.05) is 39.3 Å². The molecule has 3 rings (SSSR count). The molecule has 2 aromatic carbocycles. The number of sulfonamides is 1. The standard InChI is InChI=1S/C26H38N4O3S/c1-21(2)30(22(3)4)14-13-27-26(31)24-11-8-12-25(19-24)34(32,33)29-17-15-28(16-18-29)20-23-9-6-5-7-10-23/h5-12,19,21-22H,13-18,20H2,1-4H3,(H,27,31). The quantitative estimate of drug-likeness (QED) is 0.559. The fraction of sp³-hybridized carbons (Fsp3) is 0.500. The molecule has 1 amide bonds. The topological polar surface area (TPSA) is 73.0 Å². The van der Waals surface area contributed by atoms with Crippen molar-refractivity contribution in [3.8, 4) is 0 Å². The van der Waals surface area contributed by atoms with Crippen LogP contribution >= 0.6 is 0 Å². The van der Waals surface area contributed by atoms with Crippen LogP contribution in [0.2, 0.25) is 0 Å². The lowest BCUT2D eigenvalue weighted by Gasteiger charge is -2.34. The molecule has 0 aromatic heterocycles. The SMILES string of the molecule is CC(C)N(CCNC(=O)c1cccc(S(=O)(=O)N2CCN(Cc3ccccc3)CC2)c1)C(C)C. The van der Waals surface area contributed by atoms with Gasteiger partial charge < -0.3 is 5.32 Å². The average Bonchev–Trinajstić information content (AvgIpc) is 2.82. The van der Waals surface area contributed by atoms with Crippen LogP contribution in [0.1, 0.15) is 43.6 Å². The van der Waals surface area contributed by atoms with Gasteiger partial charge in [-0.25, -0.2) is 8.42 Å². The molecule has 1 aliphatic heterocycles. The molecular formula is C26H38N4O3S. The minimum absolute atomic E-state index is 0.169. The van der Waals surface area contributed by atoms with Crippen molar-refractivity contribution < 1.29 is 13.2 Å². The first kappa shape index (κ1) is 26.3. The lowest BCUT2D eigenvalue weighted by atomic mass is 10.2. The van der Waals surface area contributed by atoms with E-state index in [0.29, 0.717) is 50.4 Å². The first-order valence-corrected chi connectivity index (χ1v) is 13.5. The maximum absolute atomic E-state index is 13.2. The zero-order valence-electron chi connectivity index (χ0n) is 20.8. The van der Waals surface area contributed by atoms with Gasteiger partial charge >= 0.3 is 0 Å². The summed E-state index contributed by atoms with van der Waals surface area (Å²) in [6, 6.07) is 17.3. The molecule has 1 saturated heterocycles. The molecule has 1 aliphatic rings. The molecule has 1 fully saturated rings. The van der Waals surface area contributed by atoms with Gasteiger partial charge in [0.25, 0.3) is 5.91 Å². The van der Waals surface area contributed by atoms with Gasteiger partial charge in [0, 0.05) is 63.5 Å². The summed E-state index contributed by atoms with van der Waals surface area (Å²) in [6.45, 7) is 12.8. The smallest absolute Gasteiger partial charge is 0.251 e. The van der Waals surface area contributed by atoms with Crippen LogP contribution in [0, 0.1) is 0 Å². The van der Waals surface area contributed by atoms with Crippen LogP contribution in [-0.2, 0) is 16.6 Å². The van der Waals surface area contributed by atoms with Crippen molar-refractivity contribution in [1.82, 2.24) is 19.4 Å². The third kappa shape index (κ3) is 6.88. The lowest BCUT2D eigenvalue weighted by Crippen LogP contribution is -2.48. The van der Waals surface area contributed by atoms with E-state index in [-0.39, 0.29) is 10.8 Å². The number of piperazine rings is 1. The summed E-state index contributed by atoms with van der Waals surface area (Å²) in [5.41, 5.74) is 1.59. The molecule has 0 saturated carbocycles. The van der Waals surface area contributed by atoms with E-state index >= 15 is 0 Å². The maximum atomic E-state index is 13.2. The summed E-state index contributed by atoms with van der Waals surface area (Å²) in [7, 11) is -3.65. The van der Waals surface area contributed by atoms with Crippen LogP contribution in [0.25, 0.3) is 0 Å². The minimum Gasteiger partial charge on any atom is -0.351 e. The molecular weight excluding hydrogens is 448 g/mol. The van der Waals surface area contributed by atoms with Crippen molar-refractivity contribution in [1.29, 1.82) is 0 Å². The zero-order chi connectivity index (χ0) is 24.7. The van der Waals surface area contributed by atoms with E-state index in [2.05, 4.69) is 54.9 Å². The number of nitrogens with one attached hydrogen (secondary N) is 1. The highest BCUT2D eigenvalue weighted by molar-refractivity contribution is 7.89. The first-order valence-electron chi connectivity index (χ1n) is 12.1. The van der Waals surface area contributed by atoms with Gasteiger partial charge in [-0.2, -0.15) is 4.31 Å². The predicted molar refractivity (Wildman–Crippen MR) is 136 cm³/mol. The van der Waals surface area contributed by atoms with E-state index in [1.165, 1.54) is 15.9 Å². The Morgan fingerprint density at radius 2 is 1.59 bits per heavy atom. The Kier molecular flexibility index (Phi) is 9.24. The molecule has 1 heterocycles. The van der Waals surface area contributed by atoms with Gasteiger partial charge in [-0.05, 0) is 51.5 Å². The molecule has 8 heteroatoms. The molecule has 7 nitrogen and oxygen atoms in total.